The average Bonchev–Trinajstić information content (AvgIpc) is 3.30. The number of hydrogen-bond acceptors (Lipinski definition) is 5. The van der Waals surface area contributed by atoms with Crippen LogP contribution in [0.5, 0.6) is 5.75 Å². The molecule has 1 saturated carbocycles. The molecular weight excluding hydrogens is 384 g/mol. The number of aromatic nitrogens is 1. The summed E-state index contributed by atoms with van der Waals surface area (Å²) in [6, 6.07) is 2.01. The van der Waals surface area contributed by atoms with Gasteiger partial charge in [-0.1, -0.05) is 13.8 Å². The number of halogens is 2. The normalized spacial score (nSPS) is 20.2. The van der Waals surface area contributed by atoms with Crippen molar-refractivity contribution < 1.29 is 23.1 Å². The van der Waals surface area contributed by atoms with Crippen LogP contribution < -0.4 is 4.74 Å². The van der Waals surface area contributed by atoms with Crippen LogP contribution in [0.2, 0.25) is 0 Å². The van der Waals surface area contributed by atoms with Crippen LogP contribution in [0.25, 0.3) is 10.6 Å². The molecule has 0 N–H and O–H groups in total. The van der Waals surface area contributed by atoms with Crippen molar-refractivity contribution in [1.29, 1.82) is 0 Å². The molecule has 1 aromatic heterocycles. The van der Waals surface area contributed by atoms with E-state index in [1.807, 2.05) is 6.92 Å². The van der Waals surface area contributed by atoms with Gasteiger partial charge in [0.15, 0.2) is 17.3 Å². The van der Waals surface area contributed by atoms with Gasteiger partial charge in [-0.3, -0.25) is 4.79 Å². The summed E-state index contributed by atoms with van der Waals surface area (Å²) in [4.78, 5) is 29.9. The molecule has 0 bridgehead atoms. The number of rotatable bonds is 7. The van der Waals surface area contributed by atoms with E-state index >= 15 is 0 Å². The Hall–Kier alpha value is -2.15. The summed E-state index contributed by atoms with van der Waals surface area (Å²) in [5, 5.41) is 0.255. The number of benzene rings is 1. The highest BCUT2D eigenvalue weighted by atomic mass is 32.1. The number of aryl methyl sites for hydroxylation is 1. The lowest BCUT2D eigenvalue weighted by molar-refractivity contribution is -0.127. The van der Waals surface area contributed by atoms with Gasteiger partial charge in [-0.2, -0.15) is 0 Å². The molecule has 28 heavy (non-hydrogen) atoms. The van der Waals surface area contributed by atoms with E-state index in [2.05, 4.69) is 11.9 Å². The van der Waals surface area contributed by atoms with Gasteiger partial charge in [0.25, 0.3) is 0 Å². The van der Waals surface area contributed by atoms with E-state index in [1.54, 1.807) is 0 Å². The molecule has 3 rings (SSSR count). The lowest BCUT2D eigenvalue weighted by Crippen LogP contribution is -2.22. The first-order valence-electron chi connectivity index (χ1n) is 9.41. The van der Waals surface area contributed by atoms with Gasteiger partial charge in [-0.25, -0.2) is 13.8 Å². The summed E-state index contributed by atoms with van der Waals surface area (Å²) < 4.78 is 33.3. The number of Topliss-reactive ketones (excluding diaryl/α,β-unsaturated/α-hetero) is 1. The first-order chi connectivity index (χ1) is 13.4. The third-order valence-electron chi connectivity index (χ3n) is 5.35. The van der Waals surface area contributed by atoms with Crippen LogP contribution in [0.4, 0.5) is 8.78 Å². The molecule has 1 heterocycles. The van der Waals surface area contributed by atoms with Crippen molar-refractivity contribution in [3.63, 3.8) is 0 Å². The van der Waals surface area contributed by atoms with Crippen LogP contribution in [0.1, 0.15) is 49.6 Å². The van der Waals surface area contributed by atoms with E-state index in [-0.39, 0.29) is 28.0 Å². The minimum Gasteiger partial charge on any atom is -0.494 e. The zero-order valence-electron chi connectivity index (χ0n) is 16.1. The molecule has 2 aromatic rings. The molecule has 0 aliphatic heterocycles. The minimum atomic E-state index is -0.957. The Labute approximate surface area is 166 Å². The monoisotopic (exact) mass is 407 g/mol. The van der Waals surface area contributed by atoms with Crippen LogP contribution in [-0.4, -0.2) is 24.2 Å². The topological polar surface area (TPSA) is 56.3 Å². The number of nitrogens with zero attached hydrogens (tertiary/aromatic N) is 1. The summed E-state index contributed by atoms with van der Waals surface area (Å²) in [6.07, 6.45) is 3.71. The van der Waals surface area contributed by atoms with Crippen LogP contribution in [0.3, 0.4) is 0 Å². The number of methoxy groups -OCH3 is 1. The van der Waals surface area contributed by atoms with Crippen molar-refractivity contribution in [1.82, 2.24) is 4.98 Å². The summed E-state index contributed by atoms with van der Waals surface area (Å²) in [5.74, 6) is -2.31. The third kappa shape index (κ3) is 3.85. The smallest absolute Gasteiger partial charge is 0.165 e. The van der Waals surface area contributed by atoms with Crippen molar-refractivity contribution in [2.45, 2.75) is 45.4 Å². The highest BCUT2D eigenvalue weighted by Crippen LogP contribution is 2.38. The van der Waals surface area contributed by atoms with E-state index < -0.39 is 17.6 Å². The van der Waals surface area contributed by atoms with Crippen LogP contribution in [0, 0.1) is 23.5 Å². The molecule has 3 atom stereocenters. The van der Waals surface area contributed by atoms with Gasteiger partial charge in [-0.05, 0) is 37.7 Å². The molecule has 4 nitrogen and oxygen atoms in total. The number of aldehydes is 1. The third-order valence-corrected chi connectivity index (χ3v) is 6.60. The maximum Gasteiger partial charge on any atom is 0.165 e. The maximum absolute atomic E-state index is 14.5. The highest BCUT2D eigenvalue weighted by molar-refractivity contribution is 7.15. The summed E-state index contributed by atoms with van der Waals surface area (Å²) >= 11 is 1.18. The molecule has 150 valence electrons. The second kappa shape index (κ2) is 8.47. The van der Waals surface area contributed by atoms with Crippen LogP contribution in [-0.2, 0) is 16.0 Å². The molecule has 0 saturated heterocycles. The average molecular weight is 407 g/mol. The second-order valence-electron chi connectivity index (χ2n) is 7.28. The van der Waals surface area contributed by atoms with Crippen molar-refractivity contribution >= 4 is 23.4 Å². The van der Waals surface area contributed by atoms with Crippen LogP contribution in [0.15, 0.2) is 12.1 Å². The summed E-state index contributed by atoms with van der Waals surface area (Å²) in [7, 11) is 1.26. The second-order valence-corrected chi connectivity index (χ2v) is 8.36. The predicted octanol–water partition coefficient (Wildman–Crippen LogP) is 4.95. The molecule has 0 amide bonds. The van der Waals surface area contributed by atoms with E-state index in [0.29, 0.717) is 24.3 Å². The van der Waals surface area contributed by atoms with Crippen molar-refractivity contribution in [3.05, 3.63) is 34.3 Å². The number of hydrogen-bond donors (Lipinski definition) is 0. The number of ether oxygens (including phenoxy) is 1. The van der Waals surface area contributed by atoms with E-state index in [0.717, 1.165) is 36.3 Å². The van der Waals surface area contributed by atoms with Crippen molar-refractivity contribution in [2.75, 3.05) is 7.11 Å². The fraction of sp³-hybridized carbons (Fsp3) is 0.476. The Morgan fingerprint density at radius 2 is 2.11 bits per heavy atom. The Bertz CT molecular complexity index is 896. The molecule has 1 fully saturated rings. The first-order valence-corrected chi connectivity index (χ1v) is 10.2. The lowest BCUT2D eigenvalue weighted by Gasteiger charge is -2.14. The molecule has 0 radical (unpaired) electrons. The van der Waals surface area contributed by atoms with Crippen LogP contribution >= 0.6 is 11.3 Å². The SMILES string of the molecule is CCc1sc(-c2cc(F)c(OC)cc2F)nc1C(C=O)C(=O)[C@@H]1CC[C@@H](C)C1. The molecule has 1 aromatic carbocycles. The molecule has 7 heteroatoms. The fourth-order valence-electron chi connectivity index (χ4n) is 3.81. The molecule has 0 spiro atoms. The Morgan fingerprint density at radius 3 is 2.68 bits per heavy atom. The molecule has 1 aliphatic carbocycles. The Kier molecular flexibility index (Phi) is 6.23. The van der Waals surface area contributed by atoms with Gasteiger partial charge in [0.2, 0.25) is 0 Å². The van der Waals surface area contributed by atoms with Gasteiger partial charge in [0.05, 0.1) is 12.8 Å². The number of ketones is 1. The van der Waals surface area contributed by atoms with E-state index in [9.17, 15) is 18.4 Å². The Morgan fingerprint density at radius 1 is 1.36 bits per heavy atom. The molecular formula is C21H23F2NO3S. The van der Waals surface area contributed by atoms with Crippen molar-refractivity contribution in [3.8, 4) is 16.3 Å². The van der Waals surface area contributed by atoms with Gasteiger partial charge in [-0.15, -0.1) is 11.3 Å². The summed E-state index contributed by atoms with van der Waals surface area (Å²) in [5.41, 5.74) is 0.369. The summed E-state index contributed by atoms with van der Waals surface area (Å²) in [6.45, 7) is 3.98. The molecule has 1 aliphatic rings. The zero-order chi connectivity index (χ0) is 20.4. The fourth-order valence-corrected chi connectivity index (χ4v) is 4.87. The minimum absolute atomic E-state index is 0.00386. The highest BCUT2D eigenvalue weighted by Gasteiger charge is 2.35. The lowest BCUT2D eigenvalue weighted by atomic mass is 9.89. The van der Waals surface area contributed by atoms with Gasteiger partial charge in [0, 0.05) is 22.4 Å². The number of carbonyl (C=O) groups is 2. The van der Waals surface area contributed by atoms with Gasteiger partial charge in [0.1, 0.15) is 23.0 Å². The first kappa shape index (κ1) is 20.6. The quantitative estimate of drug-likeness (QED) is 0.482. The standard InChI is InChI=1S/C21H23F2NO3S/c1-4-18-19(14(10-25)20(26)12-6-5-11(2)7-12)24-21(28-18)13-8-16(23)17(27-3)9-15(13)22/h8-12,14H,4-7H2,1-3H3/t11-,12-,14?/m1/s1. The Balaban J connectivity index is 1.99. The van der Waals surface area contributed by atoms with Gasteiger partial charge >= 0.3 is 0 Å². The number of thiazole rings is 1. The van der Waals surface area contributed by atoms with Gasteiger partial charge < -0.3 is 9.53 Å². The maximum atomic E-state index is 14.5. The largest absolute Gasteiger partial charge is 0.494 e. The predicted molar refractivity (Wildman–Crippen MR) is 104 cm³/mol. The zero-order valence-corrected chi connectivity index (χ0v) is 16.9. The van der Waals surface area contributed by atoms with E-state index in [1.165, 1.54) is 18.4 Å². The van der Waals surface area contributed by atoms with E-state index in [4.69, 9.17) is 4.74 Å². The van der Waals surface area contributed by atoms with Crippen molar-refractivity contribution in [2.24, 2.45) is 11.8 Å². The molecule has 1 unspecified atom stereocenters. The number of carbonyl (C=O) groups excluding carboxylic acids is 2.